The number of nitrogens with one attached hydrogen (secondary N) is 1. The van der Waals surface area contributed by atoms with Gasteiger partial charge in [0.1, 0.15) is 5.60 Å². The summed E-state index contributed by atoms with van der Waals surface area (Å²) in [6, 6.07) is 4.80. The van der Waals surface area contributed by atoms with Crippen molar-refractivity contribution in [1.82, 2.24) is 4.98 Å². The molecule has 2 aromatic rings. The van der Waals surface area contributed by atoms with E-state index in [1.807, 2.05) is 6.92 Å². The van der Waals surface area contributed by atoms with Crippen LogP contribution in [0.25, 0.3) is 0 Å². The molecule has 1 heterocycles. The molecule has 0 bridgehead atoms. The maximum Gasteiger partial charge on any atom is 0.255 e. The number of ether oxygens (including phenoxy) is 3. The second kappa shape index (κ2) is 9.08. The van der Waals surface area contributed by atoms with Crippen molar-refractivity contribution in [2.75, 3.05) is 26.1 Å². The van der Waals surface area contributed by atoms with Crippen LogP contribution in [0.3, 0.4) is 0 Å². The average molecular weight is 411 g/mol. The zero-order valence-corrected chi connectivity index (χ0v) is 16.7. The third-order valence-corrected chi connectivity index (χ3v) is 4.30. The van der Waals surface area contributed by atoms with Crippen LogP contribution < -0.4 is 14.8 Å². The lowest BCUT2D eigenvalue weighted by Crippen LogP contribution is -2.35. The SMILES string of the molecule is C=CC(C)(COC)Oc1cc(C(=O)Nc2c(Cl)cncc2Cl)ccc1OC. The molecule has 1 amide bonds. The van der Waals surface area contributed by atoms with E-state index in [2.05, 4.69) is 16.9 Å². The Morgan fingerprint density at radius 2 is 1.93 bits per heavy atom. The number of anilines is 1. The van der Waals surface area contributed by atoms with Gasteiger partial charge in [-0.3, -0.25) is 9.78 Å². The van der Waals surface area contributed by atoms with E-state index in [9.17, 15) is 4.79 Å². The molecular formula is C19H20Cl2N2O4. The molecule has 0 aliphatic rings. The molecule has 1 aromatic carbocycles. The first-order valence-corrected chi connectivity index (χ1v) is 8.69. The molecule has 0 aliphatic heterocycles. The molecule has 1 unspecified atom stereocenters. The summed E-state index contributed by atoms with van der Waals surface area (Å²) in [5, 5.41) is 3.15. The Bertz CT molecular complexity index is 824. The van der Waals surface area contributed by atoms with Crippen molar-refractivity contribution in [3.05, 3.63) is 58.9 Å². The molecule has 6 nitrogen and oxygen atoms in total. The number of rotatable bonds is 8. The third-order valence-electron chi connectivity index (χ3n) is 3.72. The lowest BCUT2D eigenvalue weighted by molar-refractivity contribution is 0.0376. The molecule has 0 spiro atoms. The van der Waals surface area contributed by atoms with Crippen molar-refractivity contribution in [2.45, 2.75) is 12.5 Å². The Labute approximate surface area is 168 Å². The van der Waals surface area contributed by atoms with E-state index in [0.29, 0.717) is 17.1 Å². The van der Waals surface area contributed by atoms with E-state index in [1.165, 1.54) is 19.5 Å². The molecule has 2 rings (SSSR count). The van der Waals surface area contributed by atoms with Crippen molar-refractivity contribution in [1.29, 1.82) is 0 Å². The maximum atomic E-state index is 12.6. The van der Waals surface area contributed by atoms with Gasteiger partial charge in [-0.1, -0.05) is 29.8 Å². The molecule has 1 aromatic heterocycles. The van der Waals surface area contributed by atoms with Crippen LogP contribution in [0.2, 0.25) is 10.0 Å². The molecule has 0 radical (unpaired) electrons. The van der Waals surface area contributed by atoms with E-state index >= 15 is 0 Å². The molecular weight excluding hydrogens is 391 g/mol. The Morgan fingerprint density at radius 1 is 1.26 bits per heavy atom. The number of carbonyl (C=O) groups excluding carboxylic acids is 1. The maximum absolute atomic E-state index is 12.6. The summed E-state index contributed by atoms with van der Waals surface area (Å²) in [5.74, 6) is 0.428. The number of methoxy groups -OCH3 is 2. The largest absolute Gasteiger partial charge is 0.493 e. The van der Waals surface area contributed by atoms with Crippen LogP contribution in [0.5, 0.6) is 11.5 Å². The number of nitrogens with zero attached hydrogens (tertiary/aromatic N) is 1. The van der Waals surface area contributed by atoms with Crippen molar-refractivity contribution in [3.63, 3.8) is 0 Å². The second-order valence-corrected chi connectivity index (χ2v) is 6.66. The van der Waals surface area contributed by atoms with Crippen LogP contribution in [-0.2, 0) is 4.74 Å². The number of benzene rings is 1. The van der Waals surface area contributed by atoms with Crippen molar-refractivity contribution >= 4 is 34.8 Å². The first-order valence-electron chi connectivity index (χ1n) is 7.93. The minimum Gasteiger partial charge on any atom is -0.493 e. The Morgan fingerprint density at radius 3 is 2.48 bits per heavy atom. The predicted octanol–water partition coefficient (Wildman–Crippen LogP) is 4.62. The van der Waals surface area contributed by atoms with Crippen LogP contribution >= 0.6 is 23.2 Å². The first kappa shape index (κ1) is 21.0. The predicted molar refractivity (Wildman–Crippen MR) is 106 cm³/mol. The summed E-state index contributed by atoms with van der Waals surface area (Å²) in [7, 11) is 3.08. The van der Waals surface area contributed by atoms with Gasteiger partial charge in [0.05, 0.1) is 29.4 Å². The number of pyridine rings is 1. The zero-order chi connectivity index (χ0) is 20.0. The molecule has 1 N–H and O–H groups in total. The van der Waals surface area contributed by atoms with Gasteiger partial charge in [-0.15, -0.1) is 0 Å². The first-order chi connectivity index (χ1) is 12.8. The fourth-order valence-corrected chi connectivity index (χ4v) is 2.74. The standard InChI is InChI=1S/C19H20Cl2N2O4/c1-5-19(2,11-25-3)27-16-8-12(6-7-15(16)26-4)18(24)23-17-13(20)9-22-10-14(17)21/h5-10H,1,11H2,2-4H3,(H,22,23,24). The van der Waals surface area contributed by atoms with Gasteiger partial charge in [0.25, 0.3) is 5.91 Å². The summed E-state index contributed by atoms with van der Waals surface area (Å²) in [4.78, 5) is 16.5. The normalized spacial score (nSPS) is 12.8. The van der Waals surface area contributed by atoms with E-state index < -0.39 is 11.5 Å². The summed E-state index contributed by atoms with van der Waals surface area (Å²) >= 11 is 12.1. The minimum absolute atomic E-state index is 0.236. The van der Waals surface area contributed by atoms with E-state index in [1.54, 1.807) is 31.4 Å². The van der Waals surface area contributed by atoms with Crippen LogP contribution in [0, 0.1) is 0 Å². The molecule has 0 fully saturated rings. The summed E-state index contributed by atoms with van der Waals surface area (Å²) in [6.45, 7) is 5.86. The van der Waals surface area contributed by atoms with Gasteiger partial charge in [-0.2, -0.15) is 0 Å². The van der Waals surface area contributed by atoms with Crippen LogP contribution in [0.15, 0.2) is 43.2 Å². The fraction of sp³-hybridized carbons (Fsp3) is 0.263. The highest BCUT2D eigenvalue weighted by Gasteiger charge is 2.25. The van der Waals surface area contributed by atoms with Gasteiger partial charge in [0.2, 0.25) is 0 Å². The summed E-state index contributed by atoms with van der Waals surface area (Å²) in [5.41, 5.74) is -0.181. The second-order valence-electron chi connectivity index (χ2n) is 5.85. The van der Waals surface area contributed by atoms with Gasteiger partial charge in [-0.05, 0) is 31.2 Å². The number of hydrogen-bond donors (Lipinski definition) is 1. The van der Waals surface area contributed by atoms with Gasteiger partial charge in [-0.25, -0.2) is 0 Å². The van der Waals surface area contributed by atoms with Crippen LogP contribution in [-0.4, -0.2) is 37.3 Å². The molecule has 0 saturated carbocycles. The number of halogens is 2. The van der Waals surface area contributed by atoms with E-state index in [-0.39, 0.29) is 22.3 Å². The lowest BCUT2D eigenvalue weighted by Gasteiger charge is -2.27. The van der Waals surface area contributed by atoms with Crippen molar-refractivity contribution in [2.24, 2.45) is 0 Å². The number of aromatic nitrogens is 1. The zero-order valence-electron chi connectivity index (χ0n) is 15.2. The number of amides is 1. The quantitative estimate of drug-likeness (QED) is 0.642. The molecule has 144 valence electrons. The summed E-state index contributed by atoms with van der Waals surface area (Å²) < 4.78 is 16.5. The average Bonchev–Trinajstić information content (AvgIpc) is 2.64. The highest BCUT2D eigenvalue weighted by molar-refractivity contribution is 6.39. The van der Waals surface area contributed by atoms with Crippen LogP contribution in [0.1, 0.15) is 17.3 Å². The van der Waals surface area contributed by atoms with Crippen molar-refractivity contribution in [3.8, 4) is 11.5 Å². The Hall–Kier alpha value is -2.28. The molecule has 0 saturated heterocycles. The lowest BCUT2D eigenvalue weighted by atomic mass is 10.1. The smallest absolute Gasteiger partial charge is 0.255 e. The number of carbonyl (C=O) groups is 1. The van der Waals surface area contributed by atoms with Gasteiger partial charge in [0, 0.05) is 25.1 Å². The fourth-order valence-electron chi connectivity index (χ4n) is 2.28. The number of hydrogen-bond acceptors (Lipinski definition) is 5. The van der Waals surface area contributed by atoms with Gasteiger partial charge >= 0.3 is 0 Å². The van der Waals surface area contributed by atoms with E-state index in [0.717, 1.165) is 0 Å². The topological polar surface area (TPSA) is 69.7 Å². The van der Waals surface area contributed by atoms with Gasteiger partial charge in [0.15, 0.2) is 11.5 Å². The van der Waals surface area contributed by atoms with Crippen molar-refractivity contribution < 1.29 is 19.0 Å². The molecule has 0 aliphatic carbocycles. The highest BCUT2D eigenvalue weighted by atomic mass is 35.5. The molecule has 8 heteroatoms. The van der Waals surface area contributed by atoms with Gasteiger partial charge < -0.3 is 19.5 Å². The third kappa shape index (κ3) is 5.13. The monoisotopic (exact) mass is 410 g/mol. The Balaban J connectivity index is 2.33. The van der Waals surface area contributed by atoms with Crippen LogP contribution in [0.4, 0.5) is 5.69 Å². The minimum atomic E-state index is -0.797. The highest BCUT2D eigenvalue weighted by Crippen LogP contribution is 2.33. The Kier molecular flexibility index (Phi) is 7.07. The molecule has 27 heavy (non-hydrogen) atoms. The molecule has 1 atom stereocenters. The van der Waals surface area contributed by atoms with E-state index in [4.69, 9.17) is 37.4 Å². The summed E-state index contributed by atoms with van der Waals surface area (Å²) in [6.07, 6.45) is 4.41.